The van der Waals surface area contributed by atoms with E-state index in [1.54, 1.807) is 6.21 Å². The van der Waals surface area contributed by atoms with Crippen molar-refractivity contribution in [2.75, 3.05) is 0 Å². The number of amides is 1. The molecule has 0 aliphatic carbocycles. The Bertz CT molecular complexity index is 892. The van der Waals surface area contributed by atoms with E-state index in [2.05, 4.69) is 47.8 Å². The van der Waals surface area contributed by atoms with E-state index in [1.807, 2.05) is 24.3 Å². The fraction of sp³-hybridized carbons (Fsp3) is 0.360. The van der Waals surface area contributed by atoms with Gasteiger partial charge in [-0.25, -0.2) is 5.43 Å². The second-order valence-electron chi connectivity index (χ2n) is 7.40. The summed E-state index contributed by atoms with van der Waals surface area (Å²) in [6.07, 6.45) is 10.8. The van der Waals surface area contributed by atoms with E-state index < -0.39 is 0 Å². The molecule has 28 heavy (non-hydrogen) atoms. The molecule has 1 amide bonds. The summed E-state index contributed by atoms with van der Waals surface area (Å²) in [4.78, 5) is 12.1. The van der Waals surface area contributed by atoms with Crippen LogP contribution in [0.15, 0.2) is 59.7 Å². The van der Waals surface area contributed by atoms with Crippen LogP contribution in [0.4, 0.5) is 0 Å². The number of benzene rings is 3. The summed E-state index contributed by atoms with van der Waals surface area (Å²) < 4.78 is 0. The van der Waals surface area contributed by atoms with Gasteiger partial charge >= 0.3 is 0 Å². The number of unbranched alkanes of at least 4 members (excludes halogenated alkanes) is 6. The predicted octanol–water partition coefficient (Wildman–Crippen LogP) is 6.58. The Morgan fingerprint density at radius 3 is 2.07 bits per heavy atom. The Kier molecular flexibility index (Phi) is 7.60. The lowest BCUT2D eigenvalue weighted by Gasteiger charge is -2.08. The highest BCUT2D eigenvalue weighted by Gasteiger charge is 2.06. The van der Waals surface area contributed by atoms with Crippen molar-refractivity contribution in [3.8, 4) is 0 Å². The van der Waals surface area contributed by atoms with Crippen molar-refractivity contribution in [1.82, 2.24) is 5.43 Å². The summed E-state index contributed by atoms with van der Waals surface area (Å²) >= 11 is 0. The zero-order chi connectivity index (χ0) is 19.6. The van der Waals surface area contributed by atoms with E-state index >= 15 is 0 Å². The number of hydrogen-bond acceptors (Lipinski definition) is 2. The monoisotopic (exact) mass is 374 g/mol. The molecule has 0 saturated heterocycles. The Morgan fingerprint density at radius 1 is 0.857 bits per heavy atom. The van der Waals surface area contributed by atoms with E-state index in [9.17, 15) is 4.79 Å². The van der Waals surface area contributed by atoms with Gasteiger partial charge in [0.25, 0.3) is 0 Å². The summed E-state index contributed by atoms with van der Waals surface area (Å²) in [7, 11) is 0. The number of hydrogen-bond donors (Lipinski definition) is 1. The quantitative estimate of drug-likeness (QED) is 0.185. The maximum Gasteiger partial charge on any atom is 0.240 e. The van der Waals surface area contributed by atoms with Crippen molar-refractivity contribution >= 4 is 33.7 Å². The number of carbonyl (C=O) groups excluding carboxylic acids is 1. The molecule has 0 heterocycles. The van der Waals surface area contributed by atoms with Crippen LogP contribution in [0.1, 0.15) is 63.9 Å². The highest BCUT2D eigenvalue weighted by molar-refractivity contribution is 6.13. The summed E-state index contributed by atoms with van der Waals surface area (Å²) in [6.45, 7) is 2.23. The second-order valence-corrected chi connectivity index (χ2v) is 7.40. The lowest BCUT2D eigenvalue weighted by atomic mass is 9.97. The van der Waals surface area contributed by atoms with Crippen LogP contribution in [0.5, 0.6) is 0 Å². The third-order valence-electron chi connectivity index (χ3n) is 5.20. The van der Waals surface area contributed by atoms with Gasteiger partial charge in [-0.1, -0.05) is 94.0 Å². The third-order valence-corrected chi connectivity index (χ3v) is 5.20. The van der Waals surface area contributed by atoms with Gasteiger partial charge in [0.2, 0.25) is 5.91 Å². The highest BCUT2D eigenvalue weighted by atomic mass is 16.2. The van der Waals surface area contributed by atoms with Crippen molar-refractivity contribution in [3.63, 3.8) is 0 Å². The van der Waals surface area contributed by atoms with E-state index in [0.717, 1.165) is 29.2 Å². The molecule has 0 spiro atoms. The highest BCUT2D eigenvalue weighted by Crippen LogP contribution is 2.27. The molecule has 3 rings (SSSR count). The van der Waals surface area contributed by atoms with Crippen molar-refractivity contribution < 1.29 is 4.79 Å². The lowest BCUT2D eigenvalue weighted by molar-refractivity contribution is -0.121. The molecule has 0 aromatic heterocycles. The van der Waals surface area contributed by atoms with Gasteiger partial charge in [0.1, 0.15) is 0 Å². The number of nitrogens with zero attached hydrogens (tertiary/aromatic N) is 1. The van der Waals surface area contributed by atoms with Crippen LogP contribution < -0.4 is 5.43 Å². The number of nitrogens with one attached hydrogen (secondary N) is 1. The van der Waals surface area contributed by atoms with Crippen molar-refractivity contribution in [3.05, 3.63) is 60.2 Å². The SMILES string of the molecule is CCCCCCCCCC(=O)NN=Cc1c2ccccc2cc2ccccc12. The van der Waals surface area contributed by atoms with Crippen LogP contribution in [0, 0.1) is 0 Å². The van der Waals surface area contributed by atoms with Gasteiger partial charge in [0.15, 0.2) is 0 Å². The standard InChI is InChI=1S/C25H30N2O/c1-2-3-4-5-6-7-8-17-25(28)27-26-19-24-22-15-11-9-13-20(22)18-21-14-10-12-16-23(21)24/h9-16,18-19H,2-8,17H2,1H3,(H,27,28). The molecule has 0 radical (unpaired) electrons. The van der Waals surface area contributed by atoms with Crippen LogP contribution in [0.25, 0.3) is 21.5 Å². The topological polar surface area (TPSA) is 41.5 Å². The molecule has 0 saturated carbocycles. The molecule has 3 aromatic rings. The Morgan fingerprint density at radius 2 is 1.43 bits per heavy atom. The summed E-state index contributed by atoms with van der Waals surface area (Å²) in [5.74, 6) is -0.00523. The molecule has 0 unspecified atom stereocenters. The normalized spacial score (nSPS) is 11.5. The maximum atomic E-state index is 12.1. The molecule has 3 aromatic carbocycles. The first-order valence-corrected chi connectivity index (χ1v) is 10.5. The van der Waals surface area contributed by atoms with Crippen molar-refractivity contribution in [1.29, 1.82) is 0 Å². The van der Waals surface area contributed by atoms with E-state index in [4.69, 9.17) is 0 Å². The average molecular weight is 375 g/mol. The zero-order valence-corrected chi connectivity index (χ0v) is 16.8. The van der Waals surface area contributed by atoms with E-state index in [-0.39, 0.29) is 5.91 Å². The van der Waals surface area contributed by atoms with Crippen LogP contribution in [-0.4, -0.2) is 12.1 Å². The van der Waals surface area contributed by atoms with Gasteiger partial charge in [-0.3, -0.25) is 4.79 Å². The fourth-order valence-electron chi connectivity index (χ4n) is 3.66. The minimum absolute atomic E-state index is 0.00523. The second kappa shape index (κ2) is 10.6. The summed E-state index contributed by atoms with van der Waals surface area (Å²) in [5, 5.41) is 8.90. The van der Waals surface area contributed by atoms with Gasteiger partial charge in [-0.15, -0.1) is 0 Å². The van der Waals surface area contributed by atoms with Gasteiger partial charge in [0.05, 0.1) is 6.21 Å². The first kappa shape index (κ1) is 20.1. The average Bonchev–Trinajstić information content (AvgIpc) is 2.72. The molecular formula is C25H30N2O. The minimum atomic E-state index is -0.00523. The molecule has 3 heteroatoms. The van der Waals surface area contributed by atoms with Crippen LogP contribution in [-0.2, 0) is 4.79 Å². The molecule has 146 valence electrons. The molecule has 3 nitrogen and oxygen atoms in total. The van der Waals surface area contributed by atoms with Crippen LogP contribution in [0.3, 0.4) is 0 Å². The largest absolute Gasteiger partial charge is 0.273 e. The van der Waals surface area contributed by atoms with E-state index in [1.165, 1.54) is 42.9 Å². The summed E-state index contributed by atoms with van der Waals surface area (Å²) in [6, 6.07) is 18.8. The molecule has 0 aliphatic rings. The molecule has 0 bridgehead atoms. The molecule has 0 fully saturated rings. The molecular weight excluding hydrogens is 344 g/mol. The third kappa shape index (κ3) is 5.41. The number of fused-ring (bicyclic) bond motifs is 2. The molecule has 0 atom stereocenters. The minimum Gasteiger partial charge on any atom is -0.273 e. The number of carbonyl (C=O) groups is 1. The van der Waals surface area contributed by atoms with Crippen molar-refractivity contribution in [2.45, 2.75) is 58.3 Å². The van der Waals surface area contributed by atoms with Gasteiger partial charge in [-0.05, 0) is 34.0 Å². The van der Waals surface area contributed by atoms with Crippen LogP contribution in [0.2, 0.25) is 0 Å². The lowest BCUT2D eigenvalue weighted by Crippen LogP contribution is -2.16. The number of rotatable bonds is 10. The van der Waals surface area contributed by atoms with Crippen LogP contribution >= 0.6 is 0 Å². The number of hydrazone groups is 1. The van der Waals surface area contributed by atoms with Crippen molar-refractivity contribution in [2.24, 2.45) is 5.10 Å². The smallest absolute Gasteiger partial charge is 0.240 e. The fourth-order valence-corrected chi connectivity index (χ4v) is 3.66. The first-order chi connectivity index (χ1) is 13.8. The Balaban J connectivity index is 1.59. The Hall–Kier alpha value is -2.68. The zero-order valence-electron chi connectivity index (χ0n) is 16.8. The summed E-state index contributed by atoms with van der Waals surface area (Å²) in [5.41, 5.74) is 3.75. The molecule has 1 N–H and O–H groups in total. The first-order valence-electron chi connectivity index (χ1n) is 10.5. The van der Waals surface area contributed by atoms with Gasteiger partial charge in [0, 0.05) is 12.0 Å². The molecule has 0 aliphatic heterocycles. The van der Waals surface area contributed by atoms with E-state index in [0.29, 0.717) is 6.42 Å². The van der Waals surface area contributed by atoms with Gasteiger partial charge < -0.3 is 0 Å². The Labute approximate surface area is 167 Å². The maximum absolute atomic E-state index is 12.1. The van der Waals surface area contributed by atoms with Gasteiger partial charge in [-0.2, -0.15) is 5.10 Å². The predicted molar refractivity (Wildman–Crippen MR) is 120 cm³/mol.